The molecule has 1 nitrogen and oxygen atoms in total. The SMILES string of the molecule is CN=C1CCCCC1(C)C. The second-order valence-corrected chi connectivity index (χ2v) is 3.76. The highest BCUT2D eigenvalue weighted by Crippen LogP contribution is 2.32. The molecule has 0 aromatic carbocycles. The summed E-state index contributed by atoms with van der Waals surface area (Å²) in [6.07, 6.45) is 5.27. The van der Waals surface area contributed by atoms with Gasteiger partial charge in [-0.15, -0.1) is 0 Å². The maximum atomic E-state index is 4.32. The fraction of sp³-hybridized carbons (Fsp3) is 0.889. The maximum Gasteiger partial charge on any atom is 0.0276 e. The molecule has 0 spiro atoms. The summed E-state index contributed by atoms with van der Waals surface area (Å²) >= 11 is 0. The smallest absolute Gasteiger partial charge is 0.0276 e. The summed E-state index contributed by atoms with van der Waals surface area (Å²) in [5.74, 6) is 0. The minimum absolute atomic E-state index is 0.396. The molecule has 1 saturated carbocycles. The molecule has 0 aromatic rings. The number of aliphatic imine (C=N–C) groups is 1. The van der Waals surface area contributed by atoms with Gasteiger partial charge in [0.2, 0.25) is 0 Å². The minimum atomic E-state index is 0.396. The number of hydrogen-bond acceptors (Lipinski definition) is 1. The van der Waals surface area contributed by atoms with Crippen molar-refractivity contribution in [3.8, 4) is 0 Å². The van der Waals surface area contributed by atoms with E-state index in [0.717, 1.165) is 0 Å². The van der Waals surface area contributed by atoms with Crippen molar-refractivity contribution in [1.82, 2.24) is 0 Å². The van der Waals surface area contributed by atoms with Crippen LogP contribution in [-0.2, 0) is 0 Å². The first-order valence-electron chi connectivity index (χ1n) is 4.13. The molecule has 0 aromatic heterocycles. The molecule has 1 heteroatoms. The van der Waals surface area contributed by atoms with Crippen LogP contribution in [0.4, 0.5) is 0 Å². The lowest BCUT2D eigenvalue weighted by atomic mass is 9.76. The lowest BCUT2D eigenvalue weighted by molar-refractivity contribution is 0.410. The van der Waals surface area contributed by atoms with Crippen molar-refractivity contribution < 1.29 is 0 Å². The van der Waals surface area contributed by atoms with E-state index >= 15 is 0 Å². The molecule has 1 aliphatic carbocycles. The van der Waals surface area contributed by atoms with E-state index in [4.69, 9.17) is 0 Å². The molecule has 0 saturated heterocycles. The van der Waals surface area contributed by atoms with Gasteiger partial charge >= 0.3 is 0 Å². The largest absolute Gasteiger partial charge is 0.297 e. The molecular weight excluding hydrogens is 122 g/mol. The molecule has 0 aliphatic heterocycles. The number of rotatable bonds is 0. The van der Waals surface area contributed by atoms with Gasteiger partial charge < -0.3 is 0 Å². The van der Waals surface area contributed by atoms with E-state index < -0.39 is 0 Å². The fourth-order valence-electron chi connectivity index (χ4n) is 1.76. The van der Waals surface area contributed by atoms with Crippen LogP contribution in [0.1, 0.15) is 39.5 Å². The van der Waals surface area contributed by atoms with Gasteiger partial charge in [0.1, 0.15) is 0 Å². The highest BCUT2D eigenvalue weighted by molar-refractivity contribution is 5.90. The van der Waals surface area contributed by atoms with Gasteiger partial charge in [-0.25, -0.2) is 0 Å². The number of hydrogen-bond donors (Lipinski definition) is 0. The lowest BCUT2D eigenvalue weighted by Gasteiger charge is -2.31. The zero-order chi connectivity index (χ0) is 7.61. The van der Waals surface area contributed by atoms with E-state index in [1.807, 2.05) is 7.05 Å². The van der Waals surface area contributed by atoms with Crippen molar-refractivity contribution in [2.24, 2.45) is 10.4 Å². The summed E-state index contributed by atoms with van der Waals surface area (Å²) in [4.78, 5) is 4.32. The second-order valence-electron chi connectivity index (χ2n) is 3.76. The zero-order valence-corrected chi connectivity index (χ0v) is 7.28. The molecule has 58 valence electrons. The molecular formula is C9H17N. The summed E-state index contributed by atoms with van der Waals surface area (Å²) in [6, 6.07) is 0. The first-order chi connectivity index (χ1) is 4.67. The Bertz CT molecular complexity index is 145. The van der Waals surface area contributed by atoms with Gasteiger partial charge in [-0.3, -0.25) is 4.99 Å². The molecule has 1 fully saturated rings. The average Bonchev–Trinajstić information content (AvgIpc) is 1.87. The Morgan fingerprint density at radius 1 is 1.30 bits per heavy atom. The Balaban J connectivity index is 2.70. The Morgan fingerprint density at radius 2 is 2.00 bits per heavy atom. The van der Waals surface area contributed by atoms with Crippen LogP contribution in [0.3, 0.4) is 0 Å². The van der Waals surface area contributed by atoms with Crippen LogP contribution in [0.5, 0.6) is 0 Å². The Morgan fingerprint density at radius 3 is 2.40 bits per heavy atom. The van der Waals surface area contributed by atoms with E-state index in [9.17, 15) is 0 Å². The number of nitrogens with zero attached hydrogens (tertiary/aromatic N) is 1. The third-order valence-corrected chi connectivity index (χ3v) is 2.52. The summed E-state index contributed by atoms with van der Waals surface area (Å²) in [6.45, 7) is 4.60. The molecule has 0 atom stereocenters. The third kappa shape index (κ3) is 1.39. The minimum Gasteiger partial charge on any atom is -0.297 e. The molecule has 0 unspecified atom stereocenters. The maximum absolute atomic E-state index is 4.32. The lowest BCUT2D eigenvalue weighted by Crippen LogP contribution is -2.27. The normalized spacial score (nSPS) is 28.9. The Hall–Kier alpha value is -0.330. The van der Waals surface area contributed by atoms with Gasteiger partial charge in [-0.05, 0) is 19.3 Å². The summed E-state index contributed by atoms with van der Waals surface area (Å²) in [7, 11) is 1.92. The van der Waals surface area contributed by atoms with E-state index in [-0.39, 0.29) is 0 Å². The molecule has 0 bridgehead atoms. The van der Waals surface area contributed by atoms with E-state index in [0.29, 0.717) is 5.41 Å². The third-order valence-electron chi connectivity index (χ3n) is 2.52. The summed E-state index contributed by atoms with van der Waals surface area (Å²) < 4.78 is 0. The van der Waals surface area contributed by atoms with Crippen LogP contribution >= 0.6 is 0 Å². The van der Waals surface area contributed by atoms with Crippen molar-refractivity contribution in [1.29, 1.82) is 0 Å². The predicted octanol–water partition coefficient (Wildman–Crippen LogP) is 2.66. The molecule has 1 aliphatic rings. The van der Waals surface area contributed by atoms with E-state index in [1.165, 1.54) is 31.4 Å². The second kappa shape index (κ2) is 2.73. The van der Waals surface area contributed by atoms with Gasteiger partial charge in [0.05, 0.1) is 0 Å². The van der Waals surface area contributed by atoms with Crippen LogP contribution in [-0.4, -0.2) is 12.8 Å². The Kier molecular flexibility index (Phi) is 2.12. The predicted molar refractivity (Wildman–Crippen MR) is 45.6 cm³/mol. The highest BCUT2D eigenvalue weighted by Gasteiger charge is 2.26. The van der Waals surface area contributed by atoms with Gasteiger partial charge in [0, 0.05) is 18.2 Å². The molecule has 0 heterocycles. The van der Waals surface area contributed by atoms with E-state index in [1.54, 1.807) is 0 Å². The van der Waals surface area contributed by atoms with Crippen molar-refractivity contribution in [3.63, 3.8) is 0 Å². The van der Waals surface area contributed by atoms with Gasteiger partial charge in [0.25, 0.3) is 0 Å². The topological polar surface area (TPSA) is 12.4 Å². The first-order valence-corrected chi connectivity index (χ1v) is 4.13. The fourth-order valence-corrected chi connectivity index (χ4v) is 1.76. The molecule has 0 amide bonds. The average molecular weight is 139 g/mol. The molecule has 0 radical (unpaired) electrons. The first kappa shape index (κ1) is 7.77. The quantitative estimate of drug-likeness (QED) is 0.489. The van der Waals surface area contributed by atoms with Crippen LogP contribution in [0.25, 0.3) is 0 Å². The summed E-state index contributed by atoms with van der Waals surface area (Å²) in [5.41, 5.74) is 1.81. The summed E-state index contributed by atoms with van der Waals surface area (Å²) in [5, 5.41) is 0. The van der Waals surface area contributed by atoms with Crippen LogP contribution in [0.15, 0.2) is 4.99 Å². The molecule has 10 heavy (non-hydrogen) atoms. The monoisotopic (exact) mass is 139 g/mol. The van der Waals surface area contributed by atoms with Crippen LogP contribution in [0.2, 0.25) is 0 Å². The van der Waals surface area contributed by atoms with Crippen molar-refractivity contribution in [2.45, 2.75) is 39.5 Å². The van der Waals surface area contributed by atoms with Gasteiger partial charge in [-0.2, -0.15) is 0 Å². The van der Waals surface area contributed by atoms with Crippen LogP contribution < -0.4 is 0 Å². The van der Waals surface area contributed by atoms with Gasteiger partial charge in [0.15, 0.2) is 0 Å². The highest BCUT2D eigenvalue weighted by atomic mass is 14.7. The Labute approximate surface area is 63.5 Å². The zero-order valence-electron chi connectivity index (χ0n) is 7.28. The van der Waals surface area contributed by atoms with Crippen LogP contribution in [0, 0.1) is 5.41 Å². The standard InChI is InChI=1S/C9H17N/c1-9(2)7-5-4-6-8(9)10-3/h4-7H2,1-3H3. The molecule has 0 N–H and O–H groups in total. The van der Waals surface area contributed by atoms with Crippen molar-refractivity contribution in [2.75, 3.05) is 7.05 Å². The molecule has 1 rings (SSSR count). The van der Waals surface area contributed by atoms with Crippen molar-refractivity contribution >= 4 is 5.71 Å². The van der Waals surface area contributed by atoms with E-state index in [2.05, 4.69) is 18.8 Å². The van der Waals surface area contributed by atoms with Gasteiger partial charge in [-0.1, -0.05) is 20.3 Å². The van der Waals surface area contributed by atoms with Crippen molar-refractivity contribution in [3.05, 3.63) is 0 Å².